The highest BCUT2D eigenvalue weighted by Crippen LogP contribution is 2.31. The van der Waals surface area contributed by atoms with E-state index in [0.29, 0.717) is 6.04 Å². The zero-order valence-electron chi connectivity index (χ0n) is 12.6. The summed E-state index contributed by atoms with van der Waals surface area (Å²) >= 11 is 0. The van der Waals surface area contributed by atoms with E-state index in [4.69, 9.17) is 4.52 Å². The summed E-state index contributed by atoms with van der Waals surface area (Å²) in [7, 11) is 0. The van der Waals surface area contributed by atoms with Gasteiger partial charge in [0.15, 0.2) is 0 Å². The maximum atomic E-state index is 10.7. The van der Waals surface area contributed by atoms with Gasteiger partial charge in [-0.1, -0.05) is 17.3 Å². The van der Waals surface area contributed by atoms with Crippen molar-refractivity contribution >= 4 is 5.69 Å². The van der Waals surface area contributed by atoms with Crippen LogP contribution in [0.3, 0.4) is 0 Å². The number of nitrogens with zero attached hydrogens (tertiary/aromatic N) is 3. The molecule has 0 N–H and O–H groups in total. The van der Waals surface area contributed by atoms with E-state index in [1.54, 1.807) is 12.1 Å². The molecule has 0 amide bonds. The molecule has 0 spiro atoms. The van der Waals surface area contributed by atoms with Crippen molar-refractivity contribution < 1.29 is 9.45 Å². The van der Waals surface area contributed by atoms with Gasteiger partial charge in [0.2, 0.25) is 0 Å². The topological polar surface area (TPSA) is 72.4 Å². The van der Waals surface area contributed by atoms with Gasteiger partial charge in [-0.3, -0.25) is 15.0 Å². The van der Waals surface area contributed by atoms with Gasteiger partial charge in [0, 0.05) is 24.7 Å². The van der Waals surface area contributed by atoms with E-state index in [2.05, 4.69) is 10.1 Å². The van der Waals surface area contributed by atoms with Crippen LogP contribution in [0.15, 0.2) is 34.9 Å². The molecule has 0 saturated carbocycles. The zero-order chi connectivity index (χ0) is 15.5. The van der Waals surface area contributed by atoms with Gasteiger partial charge in [-0.05, 0) is 38.3 Å². The van der Waals surface area contributed by atoms with Crippen LogP contribution < -0.4 is 0 Å². The highest BCUT2D eigenvalue weighted by molar-refractivity contribution is 5.33. The lowest BCUT2D eigenvalue weighted by molar-refractivity contribution is -0.384. The minimum absolute atomic E-state index is 0.140. The summed E-state index contributed by atoms with van der Waals surface area (Å²) in [6.45, 7) is 3.89. The molecule has 3 rings (SSSR count). The van der Waals surface area contributed by atoms with Gasteiger partial charge < -0.3 is 4.52 Å². The Morgan fingerprint density at radius 1 is 1.41 bits per heavy atom. The highest BCUT2D eigenvalue weighted by Gasteiger charge is 2.27. The van der Waals surface area contributed by atoms with Crippen molar-refractivity contribution in [2.45, 2.75) is 32.2 Å². The van der Waals surface area contributed by atoms with Crippen LogP contribution in [0.4, 0.5) is 5.69 Å². The molecule has 0 bridgehead atoms. The lowest BCUT2D eigenvalue weighted by Crippen LogP contribution is -2.25. The Kier molecular flexibility index (Phi) is 4.20. The van der Waals surface area contributed by atoms with E-state index in [1.165, 1.54) is 0 Å². The second-order valence-corrected chi connectivity index (χ2v) is 5.73. The van der Waals surface area contributed by atoms with E-state index in [0.717, 1.165) is 49.4 Å². The first-order chi connectivity index (χ1) is 10.6. The van der Waals surface area contributed by atoms with Crippen LogP contribution in [0.1, 0.15) is 35.9 Å². The molecular formula is C16H19N3O3. The molecule has 1 aliphatic heterocycles. The van der Waals surface area contributed by atoms with Gasteiger partial charge in [-0.2, -0.15) is 0 Å². The molecular weight excluding hydrogens is 282 g/mol. The predicted molar refractivity (Wildman–Crippen MR) is 81.6 cm³/mol. The Morgan fingerprint density at radius 3 is 2.82 bits per heavy atom. The fourth-order valence-corrected chi connectivity index (χ4v) is 3.03. The minimum Gasteiger partial charge on any atom is -0.361 e. The second-order valence-electron chi connectivity index (χ2n) is 5.73. The number of hydrogen-bond acceptors (Lipinski definition) is 5. The maximum Gasteiger partial charge on any atom is 0.269 e. The fourth-order valence-electron chi connectivity index (χ4n) is 3.03. The molecule has 0 aliphatic carbocycles. The summed E-state index contributed by atoms with van der Waals surface area (Å²) in [4.78, 5) is 12.7. The first-order valence-corrected chi connectivity index (χ1v) is 7.54. The molecule has 2 heterocycles. The molecule has 1 aromatic heterocycles. The van der Waals surface area contributed by atoms with Crippen molar-refractivity contribution in [3.05, 3.63) is 57.5 Å². The standard InChI is InChI=1S/C16H19N3O3/c1-12-11-15(17-22-12)16-3-2-9-18(16)10-8-13-4-6-14(7-5-13)19(20)21/h4-7,11,16H,2-3,8-10H2,1H3. The summed E-state index contributed by atoms with van der Waals surface area (Å²) < 4.78 is 5.18. The summed E-state index contributed by atoms with van der Waals surface area (Å²) in [5.41, 5.74) is 2.27. The van der Waals surface area contributed by atoms with E-state index < -0.39 is 0 Å². The fraction of sp³-hybridized carbons (Fsp3) is 0.438. The molecule has 116 valence electrons. The van der Waals surface area contributed by atoms with Crippen molar-refractivity contribution in [2.24, 2.45) is 0 Å². The second kappa shape index (κ2) is 6.27. The Labute approximate surface area is 128 Å². The number of nitro groups is 1. The van der Waals surface area contributed by atoms with E-state index >= 15 is 0 Å². The van der Waals surface area contributed by atoms with Crippen molar-refractivity contribution in [2.75, 3.05) is 13.1 Å². The number of rotatable bonds is 5. The molecule has 1 saturated heterocycles. The van der Waals surface area contributed by atoms with Crippen molar-refractivity contribution in [3.8, 4) is 0 Å². The van der Waals surface area contributed by atoms with E-state index in [9.17, 15) is 10.1 Å². The van der Waals surface area contributed by atoms with Crippen LogP contribution in [0.25, 0.3) is 0 Å². The van der Waals surface area contributed by atoms with E-state index in [-0.39, 0.29) is 10.6 Å². The van der Waals surface area contributed by atoms with Crippen LogP contribution in [0, 0.1) is 17.0 Å². The summed E-state index contributed by atoms with van der Waals surface area (Å²) in [5.74, 6) is 0.845. The molecule has 1 aromatic carbocycles. The first kappa shape index (κ1) is 14.7. The molecule has 1 aliphatic rings. The van der Waals surface area contributed by atoms with Gasteiger partial charge in [0.25, 0.3) is 5.69 Å². The average molecular weight is 301 g/mol. The quantitative estimate of drug-likeness (QED) is 0.626. The maximum absolute atomic E-state index is 10.7. The Balaban J connectivity index is 1.61. The average Bonchev–Trinajstić information content (AvgIpc) is 3.14. The van der Waals surface area contributed by atoms with Crippen molar-refractivity contribution in [3.63, 3.8) is 0 Å². The molecule has 6 nitrogen and oxygen atoms in total. The minimum atomic E-state index is -0.368. The van der Waals surface area contributed by atoms with Gasteiger partial charge >= 0.3 is 0 Å². The highest BCUT2D eigenvalue weighted by atomic mass is 16.6. The Morgan fingerprint density at radius 2 is 2.18 bits per heavy atom. The van der Waals surface area contributed by atoms with Crippen molar-refractivity contribution in [1.82, 2.24) is 10.1 Å². The number of likely N-dealkylation sites (tertiary alicyclic amines) is 1. The van der Waals surface area contributed by atoms with Gasteiger partial charge in [0.1, 0.15) is 11.5 Å². The normalized spacial score (nSPS) is 18.7. The Hall–Kier alpha value is -2.21. The SMILES string of the molecule is Cc1cc(C2CCCN2CCc2ccc([N+](=O)[O-])cc2)no1. The number of benzene rings is 1. The summed E-state index contributed by atoms with van der Waals surface area (Å²) in [5, 5.41) is 14.8. The molecule has 0 radical (unpaired) electrons. The summed E-state index contributed by atoms with van der Waals surface area (Å²) in [6.07, 6.45) is 3.15. The zero-order valence-corrected chi connectivity index (χ0v) is 12.6. The number of non-ortho nitro benzene ring substituents is 1. The first-order valence-electron chi connectivity index (χ1n) is 7.54. The Bertz CT molecular complexity index is 651. The van der Waals surface area contributed by atoms with Gasteiger partial charge in [-0.15, -0.1) is 0 Å². The lowest BCUT2D eigenvalue weighted by Gasteiger charge is -2.22. The van der Waals surface area contributed by atoms with Crippen LogP contribution >= 0.6 is 0 Å². The number of aromatic nitrogens is 1. The number of aryl methyl sites for hydroxylation is 1. The summed E-state index contributed by atoms with van der Waals surface area (Å²) in [6, 6.07) is 9.15. The predicted octanol–water partition coefficient (Wildman–Crippen LogP) is 3.27. The molecule has 22 heavy (non-hydrogen) atoms. The van der Waals surface area contributed by atoms with E-state index in [1.807, 2.05) is 25.1 Å². The van der Waals surface area contributed by atoms with Crippen molar-refractivity contribution in [1.29, 1.82) is 0 Å². The molecule has 2 aromatic rings. The smallest absolute Gasteiger partial charge is 0.269 e. The van der Waals surface area contributed by atoms with Crippen LogP contribution in [0.2, 0.25) is 0 Å². The largest absolute Gasteiger partial charge is 0.361 e. The molecule has 1 atom stereocenters. The number of nitro benzene ring substituents is 1. The third-order valence-electron chi connectivity index (χ3n) is 4.19. The van der Waals surface area contributed by atoms with Gasteiger partial charge in [0.05, 0.1) is 11.0 Å². The molecule has 6 heteroatoms. The third-order valence-corrected chi connectivity index (χ3v) is 4.19. The van der Waals surface area contributed by atoms with Gasteiger partial charge in [-0.25, -0.2) is 0 Å². The third kappa shape index (κ3) is 3.17. The van der Waals surface area contributed by atoms with Crippen LogP contribution in [-0.4, -0.2) is 28.1 Å². The van der Waals surface area contributed by atoms with Crippen LogP contribution in [0.5, 0.6) is 0 Å². The lowest BCUT2D eigenvalue weighted by atomic mass is 10.1. The molecule has 1 fully saturated rings. The molecule has 1 unspecified atom stereocenters. The van der Waals surface area contributed by atoms with Crippen LogP contribution in [-0.2, 0) is 6.42 Å². The monoisotopic (exact) mass is 301 g/mol. The number of hydrogen-bond donors (Lipinski definition) is 0.